The highest BCUT2D eigenvalue weighted by atomic mass is 32.2. The molecule has 0 fully saturated rings. The predicted octanol–water partition coefficient (Wildman–Crippen LogP) is 4.67. The van der Waals surface area contributed by atoms with Gasteiger partial charge >= 0.3 is 6.18 Å². The fourth-order valence-electron chi connectivity index (χ4n) is 3.92. The van der Waals surface area contributed by atoms with Crippen LogP contribution in [-0.4, -0.2) is 46.4 Å². The zero-order chi connectivity index (χ0) is 24.3. The van der Waals surface area contributed by atoms with Crippen LogP contribution >= 0.6 is 11.8 Å². The lowest BCUT2D eigenvalue weighted by atomic mass is 9.92. The Hall–Kier alpha value is -2.75. The number of carbonyl (C=O) groups is 2. The number of alkyl halides is 3. The van der Waals surface area contributed by atoms with Gasteiger partial charge in [-0.15, -0.1) is 0 Å². The van der Waals surface area contributed by atoms with E-state index in [1.807, 2.05) is 26.2 Å². The van der Waals surface area contributed by atoms with Gasteiger partial charge in [-0.2, -0.15) is 13.2 Å². The first-order chi connectivity index (χ1) is 15.6. The van der Waals surface area contributed by atoms with Crippen LogP contribution < -0.4 is 5.32 Å². The van der Waals surface area contributed by atoms with Crippen LogP contribution in [0.15, 0.2) is 51.6 Å². The summed E-state index contributed by atoms with van der Waals surface area (Å²) in [5.74, 6) is -0.404. The molecular formula is C23H27F3N4O2S. The van der Waals surface area contributed by atoms with Gasteiger partial charge in [0.2, 0.25) is 5.91 Å². The summed E-state index contributed by atoms with van der Waals surface area (Å²) in [6, 6.07) is 4.14. The van der Waals surface area contributed by atoms with E-state index in [0.29, 0.717) is 47.3 Å². The maximum atomic E-state index is 13.5. The second-order valence-electron chi connectivity index (χ2n) is 7.62. The lowest BCUT2D eigenvalue weighted by Crippen LogP contribution is -2.42. The summed E-state index contributed by atoms with van der Waals surface area (Å²) in [6.07, 6.45) is -4.39. The number of amides is 2. The Morgan fingerprint density at radius 2 is 1.79 bits per heavy atom. The largest absolute Gasteiger partial charge is 0.416 e. The van der Waals surface area contributed by atoms with Gasteiger partial charge in [-0.1, -0.05) is 23.9 Å². The highest BCUT2D eigenvalue weighted by Crippen LogP contribution is 2.45. The first kappa shape index (κ1) is 24.9. The van der Waals surface area contributed by atoms with Crippen molar-refractivity contribution >= 4 is 28.7 Å². The normalized spacial score (nSPS) is 18.0. The number of benzene rings is 1. The molecule has 6 nitrogen and oxygen atoms in total. The third-order valence-corrected chi connectivity index (χ3v) is 6.44. The van der Waals surface area contributed by atoms with E-state index >= 15 is 0 Å². The fraction of sp³-hybridized carbons (Fsp3) is 0.435. The molecule has 178 valence electrons. The molecule has 0 bridgehead atoms. The number of halogens is 3. The van der Waals surface area contributed by atoms with E-state index in [1.165, 1.54) is 23.9 Å². The van der Waals surface area contributed by atoms with Crippen molar-refractivity contribution in [3.63, 3.8) is 0 Å². The van der Waals surface area contributed by atoms with Crippen molar-refractivity contribution in [2.24, 2.45) is 4.99 Å². The molecule has 0 unspecified atom stereocenters. The maximum Gasteiger partial charge on any atom is 0.416 e. The minimum absolute atomic E-state index is 0.0722. The van der Waals surface area contributed by atoms with Crippen LogP contribution in [0.25, 0.3) is 0 Å². The summed E-state index contributed by atoms with van der Waals surface area (Å²) < 4.78 is 39.5. The van der Waals surface area contributed by atoms with Crippen molar-refractivity contribution < 1.29 is 22.8 Å². The average Bonchev–Trinajstić information content (AvgIpc) is 3.15. The number of carbonyl (C=O) groups excluding carboxylic acids is 2. The number of thioether (sulfide) groups is 1. The minimum Gasteiger partial charge on any atom is -0.356 e. The Kier molecular flexibility index (Phi) is 7.56. The molecular weight excluding hydrogens is 453 g/mol. The summed E-state index contributed by atoms with van der Waals surface area (Å²) in [4.78, 5) is 33.9. The molecule has 33 heavy (non-hydrogen) atoms. The van der Waals surface area contributed by atoms with Crippen LogP contribution in [0.2, 0.25) is 0 Å². The Labute approximate surface area is 195 Å². The Balaban J connectivity index is 2.10. The molecule has 1 N–H and O–H groups in total. The molecule has 1 aromatic rings. The minimum atomic E-state index is -4.46. The van der Waals surface area contributed by atoms with Gasteiger partial charge in [0.15, 0.2) is 5.17 Å². The van der Waals surface area contributed by atoms with E-state index < -0.39 is 17.8 Å². The molecule has 0 aliphatic carbocycles. The van der Waals surface area contributed by atoms with Crippen molar-refractivity contribution in [2.45, 2.75) is 46.3 Å². The monoisotopic (exact) mass is 480 g/mol. The molecule has 2 aliphatic rings. The van der Waals surface area contributed by atoms with Crippen LogP contribution in [0.4, 0.5) is 13.2 Å². The van der Waals surface area contributed by atoms with Gasteiger partial charge in [-0.25, -0.2) is 4.99 Å². The molecule has 2 amide bonds. The van der Waals surface area contributed by atoms with E-state index in [0.717, 1.165) is 12.1 Å². The summed E-state index contributed by atoms with van der Waals surface area (Å²) in [7, 11) is 0. The van der Waals surface area contributed by atoms with Gasteiger partial charge in [-0.05, 0) is 50.8 Å². The third kappa shape index (κ3) is 5.10. The molecule has 2 aliphatic heterocycles. The quantitative estimate of drug-likeness (QED) is 0.616. The van der Waals surface area contributed by atoms with Crippen molar-refractivity contribution in [3.05, 3.63) is 57.8 Å². The number of hydrogen-bond donors (Lipinski definition) is 1. The smallest absolute Gasteiger partial charge is 0.356 e. The summed E-state index contributed by atoms with van der Waals surface area (Å²) >= 11 is 1.33. The fourth-order valence-corrected chi connectivity index (χ4v) is 4.88. The second-order valence-corrected chi connectivity index (χ2v) is 8.46. The Morgan fingerprint density at radius 3 is 2.33 bits per heavy atom. The van der Waals surface area contributed by atoms with Crippen molar-refractivity contribution in [1.29, 1.82) is 0 Å². The van der Waals surface area contributed by atoms with E-state index in [-0.39, 0.29) is 18.2 Å². The van der Waals surface area contributed by atoms with Crippen LogP contribution in [0, 0.1) is 0 Å². The summed E-state index contributed by atoms with van der Waals surface area (Å²) in [6.45, 7) is 8.74. The van der Waals surface area contributed by atoms with Crippen molar-refractivity contribution in [2.75, 3.05) is 19.6 Å². The number of nitrogens with zero attached hydrogens (tertiary/aromatic N) is 3. The average molecular weight is 481 g/mol. The molecule has 1 atom stereocenters. The van der Waals surface area contributed by atoms with E-state index in [4.69, 9.17) is 0 Å². The van der Waals surface area contributed by atoms with Crippen LogP contribution in [0.5, 0.6) is 0 Å². The molecule has 1 aromatic carbocycles. The van der Waals surface area contributed by atoms with Crippen molar-refractivity contribution in [1.82, 2.24) is 15.1 Å². The van der Waals surface area contributed by atoms with Gasteiger partial charge in [0, 0.05) is 25.3 Å². The number of fused-ring (bicyclic) bond motifs is 1. The molecule has 3 rings (SSSR count). The van der Waals surface area contributed by atoms with Crippen molar-refractivity contribution in [3.8, 4) is 0 Å². The van der Waals surface area contributed by atoms with Gasteiger partial charge in [-0.3, -0.25) is 9.59 Å². The first-order valence-corrected chi connectivity index (χ1v) is 11.7. The number of allylic oxidation sites excluding steroid dienone is 1. The van der Waals surface area contributed by atoms with E-state index in [2.05, 4.69) is 10.3 Å². The molecule has 0 spiro atoms. The molecule has 0 saturated heterocycles. The summed E-state index contributed by atoms with van der Waals surface area (Å²) in [5.41, 5.74) is 1.32. The lowest BCUT2D eigenvalue weighted by molar-refractivity contribution is -0.137. The predicted molar refractivity (Wildman–Crippen MR) is 123 cm³/mol. The molecule has 0 aromatic heterocycles. The number of hydrogen-bond acceptors (Lipinski definition) is 5. The Bertz CT molecular complexity index is 1010. The number of likely N-dealkylation sites (N-methyl/N-ethyl adjacent to an activating group) is 1. The van der Waals surface area contributed by atoms with E-state index in [1.54, 1.807) is 16.7 Å². The number of amidine groups is 1. The molecule has 0 radical (unpaired) electrons. The highest BCUT2D eigenvalue weighted by molar-refractivity contribution is 8.16. The topological polar surface area (TPSA) is 65.0 Å². The van der Waals surface area contributed by atoms with Gasteiger partial charge in [0.05, 0.1) is 29.3 Å². The second kappa shape index (κ2) is 10.0. The number of rotatable bonds is 7. The first-order valence-electron chi connectivity index (χ1n) is 10.8. The van der Waals surface area contributed by atoms with Crippen LogP contribution in [-0.2, 0) is 15.8 Å². The van der Waals surface area contributed by atoms with Gasteiger partial charge < -0.3 is 15.1 Å². The third-order valence-electron chi connectivity index (χ3n) is 5.55. The molecule has 10 heteroatoms. The number of aliphatic imine (C=N–C) groups is 1. The SMILES string of the molecule is CCNC(=O)CC1=CSC2=NC(C)=C(C(=O)N(CC)CC)[C@H](c3ccc(C(F)(F)F)cc3)N12. The zero-order valence-corrected chi connectivity index (χ0v) is 19.8. The molecule has 0 saturated carbocycles. The standard InChI is InChI=1S/C23H27F3N4O2S/c1-5-27-18(31)12-17-13-33-22-28-14(4)19(21(32)29(6-2)7-3)20(30(17)22)15-8-10-16(11-9-15)23(24,25)26/h8-11,13,20H,5-7,12H2,1-4H3,(H,27,31)/t20-/m0/s1. The molecule has 2 heterocycles. The summed E-state index contributed by atoms with van der Waals surface area (Å²) in [5, 5.41) is 5.16. The Morgan fingerprint density at radius 1 is 1.15 bits per heavy atom. The maximum absolute atomic E-state index is 13.5. The highest BCUT2D eigenvalue weighted by Gasteiger charge is 2.41. The zero-order valence-electron chi connectivity index (χ0n) is 19.0. The van der Waals surface area contributed by atoms with Crippen LogP contribution in [0.1, 0.15) is 51.3 Å². The van der Waals surface area contributed by atoms with Gasteiger partial charge in [0.1, 0.15) is 0 Å². The van der Waals surface area contributed by atoms with Crippen LogP contribution in [0.3, 0.4) is 0 Å². The van der Waals surface area contributed by atoms with Gasteiger partial charge in [0.25, 0.3) is 5.91 Å². The van der Waals surface area contributed by atoms with E-state index in [9.17, 15) is 22.8 Å². The number of nitrogens with one attached hydrogen (secondary N) is 1. The lowest BCUT2D eigenvalue weighted by Gasteiger charge is -2.38.